The van der Waals surface area contributed by atoms with Crippen LogP contribution in [0.15, 0.2) is 42.5 Å². The minimum Gasteiger partial charge on any atom is -0.385 e. The van der Waals surface area contributed by atoms with E-state index in [9.17, 15) is 9.18 Å². The number of amides is 1. The van der Waals surface area contributed by atoms with E-state index < -0.39 is 0 Å². The molecule has 2 aromatic carbocycles. The van der Waals surface area contributed by atoms with E-state index in [1.54, 1.807) is 25.2 Å². The van der Waals surface area contributed by atoms with Crippen molar-refractivity contribution in [3.05, 3.63) is 59.4 Å². The Morgan fingerprint density at radius 1 is 1.24 bits per heavy atom. The normalized spacial score (nSPS) is 10.3. The number of nitrogens with one attached hydrogen (secondary N) is 1. The third-order valence-electron chi connectivity index (χ3n) is 3.34. The Hall–Kier alpha value is -2.36. The predicted octanol–water partition coefficient (Wildman–Crippen LogP) is 3.84. The van der Waals surface area contributed by atoms with Gasteiger partial charge in [-0.05, 0) is 55.8 Å². The Labute approximate surface area is 124 Å². The van der Waals surface area contributed by atoms with E-state index in [2.05, 4.69) is 5.32 Å². The van der Waals surface area contributed by atoms with E-state index in [-0.39, 0.29) is 11.7 Å². The number of hydrogen-bond acceptors (Lipinski definition) is 2. The van der Waals surface area contributed by atoms with E-state index in [1.807, 2.05) is 26.0 Å². The second kappa shape index (κ2) is 6.39. The largest absolute Gasteiger partial charge is 0.385 e. The van der Waals surface area contributed by atoms with Gasteiger partial charge in [-0.1, -0.05) is 6.07 Å². The summed E-state index contributed by atoms with van der Waals surface area (Å²) in [7, 11) is 1.65. The van der Waals surface area contributed by atoms with Crippen molar-refractivity contribution < 1.29 is 9.18 Å². The van der Waals surface area contributed by atoms with Crippen molar-refractivity contribution in [1.29, 1.82) is 0 Å². The van der Waals surface area contributed by atoms with Gasteiger partial charge in [-0.15, -0.1) is 0 Å². The van der Waals surface area contributed by atoms with Crippen LogP contribution in [0, 0.1) is 12.7 Å². The van der Waals surface area contributed by atoms with Crippen LogP contribution in [0.5, 0.6) is 0 Å². The van der Waals surface area contributed by atoms with Crippen molar-refractivity contribution >= 4 is 17.3 Å². The third-order valence-corrected chi connectivity index (χ3v) is 3.34. The molecule has 21 heavy (non-hydrogen) atoms. The van der Waals surface area contributed by atoms with Gasteiger partial charge in [0, 0.05) is 30.5 Å². The molecule has 0 aliphatic heterocycles. The lowest BCUT2D eigenvalue weighted by molar-refractivity contribution is 0.0992. The van der Waals surface area contributed by atoms with Crippen LogP contribution in [-0.4, -0.2) is 19.5 Å². The SMILES string of the molecule is CCNc1ccc(C(=O)N(C)c2cccc(F)c2)c(C)c1. The standard InChI is InChI=1S/C17H19FN2O/c1-4-19-14-8-9-16(12(2)10-14)17(21)20(3)15-7-5-6-13(18)11-15/h5-11,19H,4H2,1-3H3. The monoisotopic (exact) mass is 286 g/mol. The van der Waals surface area contributed by atoms with Gasteiger partial charge in [0.1, 0.15) is 5.82 Å². The molecule has 4 heteroatoms. The number of hydrogen-bond donors (Lipinski definition) is 1. The van der Waals surface area contributed by atoms with Gasteiger partial charge >= 0.3 is 0 Å². The number of aryl methyl sites for hydroxylation is 1. The third kappa shape index (κ3) is 3.40. The van der Waals surface area contributed by atoms with Crippen LogP contribution in [0.2, 0.25) is 0 Å². The molecule has 3 nitrogen and oxygen atoms in total. The molecule has 0 unspecified atom stereocenters. The Bertz CT molecular complexity index is 655. The molecule has 0 saturated heterocycles. The maximum absolute atomic E-state index is 13.3. The molecule has 0 spiro atoms. The van der Waals surface area contributed by atoms with Gasteiger partial charge in [0.05, 0.1) is 0 Å². The Balaban J connectivity index is 2.27. The minimum atomic E-state index is -0.355. The Morgan fingerprint density at radius 2 is 2.00 bits per heavy atom. The molecule has 0 saturated carbocycles. The maximum atomic E-state index is 13.3. The quantitative estimate of drug-likeness (QED) is 0.926. The summed E-state index contributed by atoms with van der Waals surface area (Å²) in [4.78, 5) is 14.0. The van der Waals surface area contributed by atoms with Gasteiger partial charge in [0.25, 0.3) is 5.91 Å². The van der Waals surface area contributed by atoms with E-state index in [4.69, 9.17) is 0 Å². The van der Waals surface area contributed by atoms with Gasteiger partial charge in [0.2, 0.25) is 0 Å². The first-order valence-corrected chi connectivity index (χ1v) is 6.91. The summed E-state index contributed by atoms with van der Waals surface area (Å²) < 4.78 is 13.3. The van der Waals surface area contributed by atoms with Gasteiger partial charge in [-0.2, -0.15) is 0 Å². The highest BCUT2D eigenvalue weighted by atomic mass is 19.1. The lowest BCUT2D eigenvalue weighted by Crippen LogP contribution is -2.27. The highest BCUT2D eigenvalue weighted by Crippen LogP contribution is 2.20. The average Bonchev–Trinajstić information content (AvgIpc) is 2.46. The summed E-state index contributed by atoms with van der Waals surface area (Å²) in [6, 6.07) is 11.6. The number of benzene rings is 2. The zero-order chi connectivity index (χ0) is 15.4. The van der Waals surface area contributed by atoms with Crippen molar-refractivity contribution in [2.45, 2.75) is 13.8 Å². The smallest absolute Gasteiger partial charge is 0.258 e. The van der Waals surface area contributed by atoms with Crippen LogP contribution in [0.4, 0.5) is 15.8 Å². The fraction of sp³-hybridized carbons (Fsp3) is 0.235. The van der Waals surface area contributed by atoms with Crippen LogP contribution in [0.1, 0.15) is 22.8 Å². The fourth-order valence-corrected chi connectivity index (χ4v) is 2.20. The topological polar surface area (TPSA) is 32.3 Å². The van der Waals surface area contributed by atoms with Gasteiger partial charge in [-0.3, -0.25) is 4.79 Å². The second-order valence-corrected chi connectivity index (χ2v) is 4.90. The summed E-state index contributed by atoms with van der Waals surface area (Å²) in [5.74, 6) is -0.507. The number of halogens is 1. The van der Waals surface area contributed by atoms with Gasteiger partial charge < -0.3 is 10.2 Å². The summed E-state index contributed by atoms with van der Waals surface area (Å²) in [6.45, 7) is 4.75. The second-order valence-electron chi connectivity index (χ2n) is 4.90. The lowest BCUT2D eigenvalue weighted by atomic mass is 10.1. The molecule has 0 fully saturated rings. The molecule has 1 amide bonds. The molecule has 0 atom stereocenters. The molecule has 110 valence electrons. The average molecular weight is 286 g/mol. The fourth-order valence-electron chi connectivity index (χ4n) is 2.20. The summed E-state index contributed by atoms with van der Waals surface area (Å²) in [6.07, 6.45) is 0. The van der Waals surface area contributed by atoms with Crippen LogP contribution >= 0.6 is 0 Å². The highest BCUT2D eigenvalue weighted by molar-refractivity contribution is 6.06. The molecule has 2 aromatic rings. The van der Waals surface area contributed by atoms with Crippen molar-refractivity contribution in [2.24, 2.45) is 0 Å². The Kier molecular flexibility index (Phi) is 4.58. The number of rotatable bonds is 4. The van der Waals surface area contributed by atoms with Crippen LogP contribution in [0.25, 0.3) is 0 Å². The first kappa shape index (κ1) is 15.0. The van der Waals surface area contributed by atoms with Gasteiger partial charge in [0.15, 0.2) is 0 Å². The number of anilines is 2. The molecule has 0 aromatic heterocycles. The van der Waals surface area contributed by atoms with Crippen LogP contribution < -0.4 is 10.2 Å². The molecule has 0 aliphatic rings. The molecule has 1 N–H and O–H groups in total. The highest BCUT2D eigenvalue weighted by Gasteiger charge is 2.16. The lowest BCUT2D eigenvalue weighted by Gasteiger charge is -2.19. The maximum Gasteiger partial charge on any atom is 0.258 e. The summed E-state index contributed by atoms with van der Waals surface area (Å²) >= 11 is 0. The number of carbonyl (C=O) groups is 1. The molecule has 0 heterocycles. The van der Waals surface area contributed by atoms with E-state index in [1.165, 1.54) is 17.0 Å². The molecule has 2 rings (SSSR count). The van der Waals surface area contributed by atoms with Crippen molar-refractivity contribution in [1.82, 2.24) is 0 Å². The first-order chi connectivity index (χ1) is 10.0. The molecule has 0 radical (unpaired) electrons. The first-order valence-electron chi connectivity index (χ1n) is 6.91. The molecule has 0 bridgehead atoms. The number of nitrogens with zero attached hydrogens (tertiary/aromatic N) is 1. The predicted molar refractivity (Wildman–Crippen MR) is 84.5 cm³/mol. The molecular formula is C17H19FN2O. The summed E-state index contributed by atoms with van der Waals surface area (Å²) in [5.41, 5.74) is 3.03. The minimum absolute atomic E-state index is 0.152. The van der Waals surface area contributed by atoms with E-state index in [0.717, 1.165) is 17.8 Å². The van der Waals surface area contributed by atoms with Crippen molar-refractivity contribution in [3.63, 3.8) is 0 Å². The van der Waals surface area contributed by atoms with Crippen LogP contribution in [-0.2, 0) is 0 Å². The van der Waals surface area contributed by atoms with Crippen molar-refractivity contribution in [3.8, 4) is 0 Å². The van der Waals surface area contributed by atoms with Crippen LogP contribution in [0.3, 0.4) is 0 Å². The number of carbonyl (C=O) groups excluding carboxylic acids is 1. The molecular weight excluding hydrogens is 267 g/mol. The van der Waals surface area contributed by atoms with E-state index in [0.29, 0.717) is 11.3 Å². The van der Waals surface area contributed by atoms with Crippen molar-refractivity contribution in [2.75, 3.05) is 23.8 Å². The van der Waals surface area contributed by atoms with Gasteiger partial charge in [-0.25, -0.2) is 4.39 Å². The molecule has 0 aliphatic carbocycles. The Morgan fingerprint density at radius 3 is 2.62 bits per heavy atom. The van der Waals surface area contributed by atoms with E-state index >= 15 is 0 Å². The zero-order valence-corrected chi connectivity index (χ0v) is 12.5. The summed E-state index contributed by atoms with van der Waals surface area (Å²) in [5, 5.41) is 3.21. The zero-order valence-electron chi connectivity index (χ0n) is 12.5.